The van der Waals surface area contributed by atoms with E-state index in [4.69, 9.17) is 4.19 Å². The van der Waals surface area contributed by atoms with Crippen molar-refractivity contribution in [2.24, 2.45) is 0 Å². The van der Waals surface area contributed by atoms with Gasteiger partial charge < -0.3 is 0 Å². The first-order valence-electron chi connectivity index (χ1n) is 0.158. The average Bonchev–Trinajstić information content (AvgIpc) is 1.00. The molecule has 1 nitrogen and oxygen atoms in total. The van der Waals surface area contributed by atoms with E-state index in [-0.39, 0.29) is 33.6 Å². The van der Waals surface area contributed by atoms with Crippen molar-refractivity contribution in [1.29, 1.82) is 0 Å². The molecule has 4 heavy (non-hydrogen) atoms. The van der Waals surface area contributed by atoms with Crippen molar-refractivity contribution < 1.29 is 54.1 Å². The van der Waals surface area contributed by atoms with Gasteiger partial charge in [0, 0.05) is 33.6 Å². The molecule has 0 aliphatic carbocycles. The molecule has 0 aromatic carbocycles. The monoisotopic (exact) mass is 187 g/mol. The van der Waals surface area contributed by atoms with Crippen LogP contribution in [0.4, 0.5) is 0 Å². The van der Waals surface area contributed by atoms with Crippen molar-refractivity contribution in [1.82, 2.24) is 0 Å². The molecule has 0 radical (unpaired) electrons. The van der Waals surface area contributed by atoms with Gasteiger partial charge in [-0.1, -0.05) is 0 Å². The van der Waals surface area contributed by atoms with Crippen LogP contribution in [0.2, 0.25) is 0 Å². The summed E-state index contributed by atoms with van der Waals surface area (Å²) in [7, 11) is 0. The summed E-state index contributed by atoms with van der Waals surface area (Å²) < 4.78 is 6.75. The second-order valence-corrected chi connectivity index (χ2v) is 0. The van der Waals surface area contributed by atoms with Gasteiger partial charge in [-0.2, -0.15) is 0 Å². The molecule has 1 N–H and O–H groups in total. The van der Waals surface area contributed by atoms with E-state index < -0.39 is 0 Å². The number of hydrogen-bond donors (Lipinski definition) is 1. The molecule has 0 saturated heterocycles. The molecule has 0 rings (SSSR count). The van der Waals surface area contributed by atoms with Gasteiger partial charge in [-0.15, -0.1) is 0 Å². The fourth-order valence-corrected chi connectivity index (χ4v) is 0. The molecular weight excluding hydrogens is 186 g/mol. The van der Waals surface area contributed by atoms with Crippen LogP contribution in [0.1, 0.15) is 0 Å². The Morgan fingerprint density at radius 3 is 1.25 bits per heavy atom. The molecule has 0 spiro atoms. The third-order valence-corrected chi connectivity index (χ3v) is 0. The maximum absolute atomic E-state index is 6.75. The SMILES string of the molecule is [Fe].[Ni].[OH][Fe]. The molecule has 33 valence electrons. The fraction of sp³-hybridized carbons (Fsp3) is 0. The van der Waals surface area contributed by atoms with Crippen molar-refractivity contribution in [3.63, 3.8) is 0 Å². The Morgan fingerprint density at radius 1 is 1.25 bits per heavy atom. The molecule has 4 heteroatoms. The van der Waals surface area contributed by atoms with Gasteiger partial charge >= 0.3 is 20.5 Å². The van der Waals surface area contributed by atoms with Gasteiger partial charge in [-0.3, -0.25) is 0 Å². The second kappa shape index (κ2) is 24.6. The van der Waals surface area contributed by atoms with Gasteiger partial charge in [-0.05, 0) is 0 Å². The van der Waals surface area contributed by atoms with Gasteiger partial charge in [0.25, 0.3) is 0 Å². The fourth-order valence-electron chi connectivity index (χ4n) is 0. The third-order valence-electron chi connectivity index (χ3n) is 0. The quantitative estimate of drug-likeness (QED) is 0.504. The van der Waals surface area contributed by atoms with Crippen LogP contribution in [0, 0.1) is 0 Å². The van der Waals surface area contributed by atoms with Gasteiger partial charge in [0.1, 0.15) is 0 Å². The molecule has 0 saturated carbocycles. The summed E-state index contributed by atoms with van der Waals surface area (Å²) in [5.41, 5.74) is 0. The Hall–Kier alpha value is 1.49. The zero-order chi connectivity index (χ0) is 2.00. The van der Waals surface area contributed by atoms with E-state index in [2.05, 4.69) is 16.3 Å². The van der Waals surface area contributed by atoms with E-state index in [1.54, 1.807) is 0 Å². The summed E-state index contributed by atoms with van der Waals surface area (Å²) >= 11 is 2.25. The standard InChI is InChI=1S/2Fe.Ni.H2O/h;;;1H2/q;+1;;/p-1. The van der Waals surface area contributed by atoms with Crippen molar-refractivity contribution in [3.8, 4) is 0 Å². The summed E-state index contributed by atoms with van der Waals surface area (Å²) in [5.74, 6) is 0. The van der Waals surface area contributed by atoms with Crippen LogP contribution in [-0.2, 0) is 49.9 Å². The summed E-state index contributed by atoms with van der Waals surface area (Å²) in [4.78, 5) is 0. The molecule has 0 aliphatic rings. The van der Waals surface area contributed by atoms with E-state index in [9.17, 15) is 0 Å². The van der Waals surface area contributed by atoms with Gasteiger partial charge in [0.2, 0.25) is 0 Å². The van der Waals surface area contributed by atoms with Crippen LogP contribution in [-0.4, -0.2) is 4.19 Å². The van der Waals surface area contributed by atoms with Gasteiger partial charge in [-0.25, -0.2) is 0 Å². The zero-order valence-corrected chi connectivity index (χ0v) is 4.67. The molecule has 0 unspecified atom stereocenters. The van der Waals surface area contributed by atoms with Crippen molar-refractivity contribution >= 4 is 0 Å². The van der Waals surface area contributed by atoms with Crippen LogP contribution in [0.3, 0.4) is 0 Å². The Balaban J connectivity index is -0.00000000500. The average molecular weight is 187 g/mol. The van der Waals surface area contributed by atoms with Crippen molar-refractivity contribution in [2.45, 2.75) is 0 Å². The Kier molecular flexibility index (Phi) is 110. The van der Waals surface area contributed by atoms with Crippen LogP contribution in [0.25, 0.3) is 0 Å². The summed E-state index contributed by atoms with van der Waals surface area (Å²) in [6.07, 6.45) is 0. The Labute approximate surface area is 54.1 Å². The van der Waals surface area contributed by atoms with E-state index in [0.717, 1.165) is 0 Å². The van der Waals surface area contributed by atoms with Gasteiger partial charge in [0.15, 0.2) is 0 Å². The predicted molar refractivity (Wildman–Crippen MR) is 2.22 cm³/mol. The summed E-state index contributed by atoms with van der Waals surface area (Å²) in [6, 6.07) is 0. The van der Waals surface area contributed by atoms with Crippen molar-refractivity contribution in [2.75, 3.05) is 0 Å². The summed E-state index contributed by atoms with van der Waals surface area (Å²) in [6.45, 7) is 0. The topological polar surface area (TPSA) is 20.2 Å². The van der Waals surface area contributed by atoms with E-state index >= 15 is 0 Å². The molecule has 0 bridgehead atoms. The second-order valence-electron chi connectivity index (χ2n) is 0. The minimum absolute atomic E-state index is 0. The molecule has 0 aliphatic heterocycles. The number of hydrogen-bond acceptors (Lipinski definition) is 1. The normalized spacial score (nSPS) is 1.50. The molecule has 0 atom stereocenters. The Bertz CT molecular complexity index is 6.00. The molecule has 0 fully saturated rings. The van der Waals surface area contributed by atoms with Crippen molar-refractivity contribution in [3.05, 3.63) is 0 Å². The molecule has 0 amide bonds. The Morgan fingerprint density at radius 2 is 1.25 bits per heavy atom. The van der Waals surface area contributed by atoms with Crippen LogP contribution >= 0.6 is 0 Å². The third kappa shape index (κ3) is 9.74. The van der Waals surface area contributed by atoms with Crippen LogP contribution in [0.15, 0.2) is 0 Å². The molecular formula is HFe2NiO. The first-order chi connectivity index (χ1) is 1.00. The van der Waals surface area contributed by atoms with E-state index in [1.165, 1.54) is 0 Å². The first kappa shape index (κ1) is 17.8. The minimum atomic E-state index is 0. The predicted octanol–water partition coefficient (Wildman–Crippen LogP) is -0.565. The zero-order valence-electron chi connectivity index (χ0n) is 1.47. The van der Waals surface area contributed by atoms with Crippen LogP contribution in [0.5, 0.6) is 0 Å². The molecule has 0 aromatic rings. The number of rotatable bonds is 0. The van der Waals surface area contributed by atoms with Crippen LogP contribution < -0.4 is 0 Å². The first-order valence-corrected chi connectivity index (χ1v) is 0.652. The molecule has 0 aromatic heterocycles. The van der Waals surface area contributed by atoms with Gasteiger partial charge in [0.05, 0.1) is 0 Å². The summed E-state index contributed by atoms with van der Waals surface area (Å²) in [5, 5.41) is 0. The molecule has 0 heterocycles. The maximum atomic E-state index is 6.75. The van der Waals surface area contributed by atoms with E-state index in [0.29, 0.717) is 0 Å². The van der Waals surface area contributed by atoms with E-state index in [1.807, 2.05) is 0 Å².